The molecule has 164 valence electrons. The second-order valence-electron chi connectivity index (χ2n) is 8.25. The normalized spacial score (nSPS) is 21.9. The minimum atomic E-state index is 0.0526. The van der Waals surface area contributed by atoms with Crippen molar-refractivity contribution in [3.63, 3.8) is 0 Å². The molecule has 2 aliphatic rings. The molecule has 2 aromatic rings. The summed E-state index contributed by atoms with van der Waals surface area (Å²) in [5.74, 6) is 1.70. The second kappa shape index (κ2) is 10.4. The molecule has 1 unspecified atom stereocenters. The molecule has 0 aromatic carbocycles. The first-order valence-corrected chi connectivity index (χ1v) is 12.0. The summed E-state index contributed by atoms with van der Waals surface area (Å²) in [6.07, 6.45) is 6.47. The number of thiophene rings is 1. The summed E-state index contributed by atoms with van der Waals surface area (Å²) >= 11 is 1.86. The van der Waals surface area contributed by atoms with Crippen molar-refractivity contribution in [1.82, 2.24) is 24.9 Å². The van der Waals surface area contributed by atoms with E-state index in [0.717, 1.165) is 44.2 Å². The maximum Gasteiger partial charge on any atom is 0.194 e. The van der Waals surface area contributed by atoms with Gasteiger partial charge < -0.3 is 15.0 Å². The van der Waals surface area contributed by atoms with Crippen molar-refractivity contribution in [2.45, 2.75) is 32.4 Å². The molecule has 30 heavy (non-hydrogen) atoms. The van der Waals surface area contributed by atoms with Gasteiger partial charge in [0, 0.05) is 49.9 Å². The third-order valence-corrected chi connectivity index (χ3v) is 6.82. The predicted octanol–water partition coefficient (Wildman–Crippen LogP) is 2.73. The van der Waals surface area contributed by atoms with Crippen LogP contribution in [0, 0.1) is 5.92 Å². The van der Waals surface area contributed by atoms with Gasteiger partial charge in [0.15, 0.2) is 5.96 Å². The highest BCUT2D eigenvalue weighted by atomic mass is 32.1. The molecule has 2 aliphatic heterocycles. The van der Waals surface area contributed by atoms with Crippen LogP contribution < -0.4 is 5.32 Å². The highest BCUT2D eigenvalue weighted by Crippen LogP contribution is 2.23. The van der Waals surface area contributed by atoms with E-state index in [1.54, 1.807) is 0 Å². The van der Waals surface area contributed by atoms with Crippen molar-refractivity contribution in [3.05, 3.63) is 40.3 Å². The van der Waals surface area contributed by atoms with Crippen LogP contribution in [0.2, 0.25) is 0 Å². The number of aryl methyl sites for hydroxylation is 1. The minimum Gasteiger partial charge on any atom is -0.370 e. The van der Waals surface area contributed by atoms with Gasteiger partial charge in [0.25, 0.3) is 0 Å². The maximum atomic E-state index is 6.00. The van der Waals surface area contributed by atoms with Crippen LogP contribution in [0.15, 0.2) is 34.9 Å². The number of guanidine groups is 1. The summed E-state index contributed by atoms with van der Waals surface area (Å²) in [5.41, 5.74) is 1.14. The van der Waals surface area contributed by atoms with Crippen LogP contribution >= 0.6 is 11.3 Å². The van der Waals surface area contributed by atoms with E-state index in [4.69, 9.17) is 9.73 Å². The van der Waals surface area contributed by atoms with Crippen molar-refractivity contribution in [1.29, 1.82) is 0 Å². The van der Waals surface area contributed by atoms with E-state index in [1.807, 2.05) is 35.5 Å². The first-order chi connectivity index (χ1) is 14.7. The lowest BCUT2D eigenvalue weighted by Crippen LogP contribution is -2.48. The van der Waals surface area contributed by atoms with Gasteiger partial charge in [-0.3, -0.25) is 14.6 Å². The molecule has 4 rings (SSSR count). The van der Waals surface area contributed by atoms with Crippen LogP contribution in [0.5, 0.6) is 0 Å². The molecular formula is C22H34N6OS. The van der Waals surface area contributed by atoms with Gasteiger partial charge in [-0.1, -0.05) is 6.07 Å². The van der Waals surface area contributed by atoms with Gasteiger partial charge in [0.1, 0.15) is 6.10 Å². The summed E-state index contributed by atoms with van der Waals surface area (Å²) in [6, 6.07) is 4.39. The predicted molar refractivity (Wildman–Crippen MR) is 122 cm³/mol. The molecule has 1 atom stereocenters. The lowest BCUT2D eigenvalue weighted by Gasteiger charge is -2.35. The number of nitrogens with zero attached hydrogens (tertiary/aromatic N) is 5. The Hall–Kier alpha value is -1.90. The number of rotatable bonds is 6. The first kappa shape index (κ1) is 21.3. The highest BCUT2D eigenvalue weighted by Gasteiger charge is 2.26. The fourth-order valence-electron chi connectivity index (χ4n) is 4.24. The lowest BCUT2D eigenvalue weighted by molar-refractivity contribution is -0.00808. The maximum absolute atomic E-state index is 6.00. The van der Waals surface area contributed by atoms with E-state index in [1.165, 1.54) is 30.8 Å². The molecule has 4 heterocycles. The number of aromatic nitrogens is 2. The largest absolute Gasteiger partial charge is 0.370 e. The summed E-state index contributed by atoms with van der Waals surface area (Å²) in [7, 11) is 1.95. The zero-order valence-corrected chi connectivity index (χ0v) is 19.0. The second-order valence-corrected chi connectivity index (χ2v) is 9.28. The Morgan fingerprint density at radius 2 is 2.20 bits per heavy atom. The number of likely N-dealkylation sites (tertiary alicyclic amines) is 1. The van der Waals surface area contributed by atoms with Crippen molar-refractivity contribution in [2.75, 3.05) is 45.9 Å². The standard InChI is InChI=1S/C22H34N6OS/c1-3-23-22(28-10-11-29-21(17-28)19-14-25-26(2)15-19)24-13-18-6-8-27(9-7-18)16-20-5-4-12-30-20/h4-5,12,14-15,18,21H,3,6-11,13,16-17H2,1-2H3,(H,23,24). The van der Waals surface area contributed by atoms with Gasteiger partial charge in [-0.2, -0.15) is 5.10 Å². The molecule has 2 saturated heterocycles. The fourth-order valence-corrected chi connectivity index (χ4v) is 4.99. The van der Waals surface area contributed by atoms with Crippen LogP contribution in [0.1, 0.15) is 36.3 Å². The van der Waals surface area contributed by atoms with E-state index in [0.29, 0.717) is 12.5 Å². The SMILES string of the molecule is CCNC(=NCC1CCN(Cc2cccs2)CC1)N1CCOC(c2cnn(C)c2)C1. The number of aliphatic imine (C=N–C) groups is 1. The number of piperidine rings is 1. The molecule has 2 fully saturated rings. The molecule has 2 aromatic heterocycles. The molecule has 0 saturated carbocycles. The summed E-state index contributed by atoms with van der Waals surface area (Å²) in [4.78, 5) is 11.4. The zero-order chi connectivity index (χ0) is 20.8. The van der Waals surface area contributed by atoms with Gasteiger partial charge in [-0.15, -0.1) is 11.3 Å². The molecule has 0 bridgehead atoms. The fraction of sp³-hybridized carbons (Fsp3) is 0.636. The Bertz CT molecular complexity index is 796. The van der Waals surface area contributed by atoms with Crippen LogP contribution in [-0.4, -0.2) is 71.4 Å². The van der Waals surface area contributed by atoms with E-state index >= 15 is 0 Å². The van der Waals surface area contributed by atoms with E-state index in [-0.39, 0.29) is 6.10 Å². The molecule has 7 nitrogen and oxygen atoms in total. The van der Waals surface area contributed by atoms with Crippen LogP contribution in [0.4, 0.5) is 0 Å². The summed E-state index contributed by atoms with van der Waals surface area (Å²) in [5, 5.41) is 9.96. The van der Waals surface area contributed by atoms with Crippen LogP contribution in [0.25, 0.3) is 0 Å². The van der Waals surface area contributed by atoms with E-state index in [2.05, 4.69) is 44.7 Å². The van der Waals surface area contributed by atoms with Crippen molar-refractivity contribution >= 4 is 17.3 Å². The Balaban J connectivity index is 1.30. The number of morpholine rings is 1. The Morgan fingerprint density at radius 1 is 1.33 bits per heavy atom. The number of nitrogens with one attached hydrogen (secondary N) is 1. The Morgan fingerprint density at radius 3 is 2.90 bits per heavy atom. The molecule has 0 spiro atoms. The molecule has 0 radical (unpaired) electrons. The van der Waals surface area contributed by atoms with Gasteiger partial charge in [0.05, 0.1) is 19.3 Å². The first-order valence-electron chi connectivity index (χ1n) is 11.1. The average molecular weight is 431 g/mol. The molecule has 8 heteroatoms. The van der Waals surface area contributed by atoms with Crippen molar-refractivity contribution < 1.29 is 4.74 Å². The monoisotopic (exact) mass is 430 g/mol. The van der Waals surface area contributed by atoms with E-state index in [9.17, 15) is 0 Å². The van der Waals surface area contributed by atoms with Gasteiger partial charge in [-0.25, -0.2) is 0 Å². The van der Waals surface area contributed by atoms with Crippen molar-refractivity contribution in [3.8, 4) is 0 Å². The molecule has 0 aliphatic carbocycles. The number of hydrogen-bond acceptors (Lipinski definition) is 5. The van der Waals surface area contributed by atoms with Gasteiger partial charge >= 0.3 is 0 Å². The number of ether oxygens (including phenoxy) is 1. The van der Waals surface area contributed by atoms with Gasteiger partial charge in [-0.05, 0) is 50.2 Å². The lowest BCUT2D eigenvalue weighted by atomic mass is 9.97. The topological polar surface area (TPSA) is 57.9 Å². The third-order valence-electron chi connectivity index (χ3n) is 5.96. The average Bonchev–Trinajstić information content (AvgIpc) is 3.44. The highest BCUT2D eigenvalue weighted by molar-refractivity contribution is 7.09. The Kier molecular flexibility index (Phi) is 7.41. The van der Waals surface area contributed by atoms with E-state index < -0.39 is 0 Å². The summed E-state index contributed by atoms with van der Waals surface area (Å²) < 4.78 is 7.84. The van der Waals surface area contributed by atoms with Crippen molar-refractivity contribution in [2.24, 2.45) is 18.0 Å². The summed E-state index contributed by atoms with van der Waals surface area (Å²) in [6.45, 7) is 9.78. The molecular weight excluding hydrogens is 396 g/mol. The van der Waals surface area contributed by atoms with Crippen LogP contribution in [-0.2, 0) is 18.3 Å². The minimum absolute atomic E-state index is 0.0526. The zero-order valence-electron chi connectivity index (χ0n) is 18.2. The Labute approximate surface area is 183 Å². The third kappa shape index (κ3) is 5.62. The molecule has 0 amide bonds. The quantitative estimate of drug-likeness (QED) is 0.564. The molecule has 1 N–H and O–H groups in total. The number of hydrogen-bond donors (Lipinski definition) is 1. The smallest absolute Gasteiger partial charge is 0.194 e. The van der Waals surface area contributed by atoms with Gasteiger partial charge in [0.2, 0.25) is 0 Å². The van der Waals surface area contributed by atoms with Crippen LogP contribution in [0.3, 0.4) is 0 Å².